The van der Waals surface area contributed by atoms with Crippen LogP contribution in [0.5, 0.6) is 5.75 Å². The number of likely N-dealkylation sites (tertiary alicyclic amines) is 1. The number of fused-ring (bicyclic) bond motifs is 1. The first kappa shape index (κ1) is 68.8. The molecule has 16 N–H and O–H groups in total. The number of amides is 8. The third-order valence-corrected chi connectivity index (χ3v) is 16.8. The molecule has 480 valence electrons. The van der Waals surface area contributed by atoms with Crippen molar-refractivity contribution in [2.45, 2.75) is 184 Å². The number of Topliss-reactive ketones (excluding diaryl/α,β-unsaturated/α-hetero) is 3. The van der Waals surface area contributed by atoms with E-state index in [4.69, 9.17) is 17.2 Å². The zero-order chi connectivity index (χ0) is 64.2. The molecule has 0 spiro atoms. The van der Waals surface area contributed by atoms with Gasteiger partial charge in [0.05, 0.1) is 42.7 Å². The predicted molar refractivity (Wildman–Crippen MR) is 324 cm³/mol. The number of aromatic amines is 1. The fourth-order valence-electron chi connectivity index (χ4n) is 11.7. The first-order valence-electron chi connectivity index (χ1n) is 30.5. The lowest BCUT2D eigenvalue weighted by Crippen LogP contribution is -2.56. The number of phenols is 1. The van der Waals surface area contributed by atoms with Crippen LogP contribution >= 0.6 is 0 Å². The Labute approximate surface area is 511 Å². The van der Waals surface area contributed by atoms with Crippen molar-refractivity contribution in [1.29, 1.82) is 0 Å². The van der Waals surface area contributed by atoms with E-state index in [1.807, 2.05) is 24.3 Å². The highest BCUT2D eigenvalue weighted by Crippen LogP contribution is 2.35. The molecule has 0 radical (unpaired) electrons. The number of β-amino-alcohol motifs (C(OH)–C–C–N with tert-alkyl or cyclic N) is 1. The van der Waals surface area contributed by atoms with Gasteiger partial charge < -0.3 is 74.3 Å². The van der Waals surface area contributed by atoms with Crippen molar-refractivity contribution in [1.82, 2.24) is 41.8 Å². The lowest BCUT2D eigenvalue weighted by atomic mass is 9.83. The number of carbonyl (C=O) groups is 11. The van der Waals surface area contributed by atoms with Crippen LogP contribution in [-0.2, 0) is 65.6 Å². The summed E-state index contributed by atoms with van der Waals surface area (Å²) in [5, 5.41) is 48.7. The molecular formula is C62H88N12O14. The van der Waals surface area contributed by atoms with Crippen molar-refractivity contribution in [2.24, 2.45) is 45.9 Å². The van der Waals surface area contributed by atoms with E-state index in [-0.39, 0.29) is 87.9 Å². The number of nitrogens with one attached hydrogen (secondary N) is 7. The van der Waals surface area contributed by atoms with Crippen molar-refractivity contribution in [3.63, 3.8) is 0 Å². The van der Waals surface area contributed by atoms with Crippen LogP contribution in [0.2, 0.25) is 0 Å². The van der Waals surface area contributed by atoms with E-state index in [1.54, 1.807) is 18.3 Å². The lowest BCUT2D eigenvalue weighted by molar-refractivity contribution is -0.142. The molecule has 3 aromatic rings. The molecule has 1 aromatic heterocycles. The fraction of sp³-hybridized carbons (Fsp3) is 0.581. The van der Waals surface area contributed by atoms with Crippen LogP contribution in [-0.4, -0.2) is 164 Å². The summed E-state index contributed by atoms with van der Waals surface area (Å²) < 4.78 is 0. The SMILES string of the molecule is CN=C(N)NCCC[C@H](CC(=O)[C@H](CC1CC1)NC(=O)CCC(=O)[C@H](CC1CCCCC1)NC(=O)[C@@H](CC(=O)[C@H](CC(N)=O)NC(=O)[C@@H]1C[C@@H](O)CN1C(=O)[C@@H](Cc1ccc(O)cc1)NC(C)=O)[C@@H](C)O)C(=O)N[C@@H](Cc1c[nH]c2ccccc12)C(N)=O. The topological polar surface area (TPSA) is 430 Å². The van der Waals surface area contributed by atoms with Gasteiger partial charge in [-0.2, -0.15) is 0 Å². The van der Waals surface area contributed by atoms with Gasteiger partial charge in [-0.25, -0.2) is 0 Å². The highest BCUT2D eigenvalue weighted by molar-refractivity contribution is 6.00. The normalized spacial score (nSPS) is 18.9. The molecule has 3 fully saturated rings. The van der Waals surface area contributed by atoms with Gasteiger partial charge >= 0.3 is 0 Å². The van der Waals surface area contributed by atoms with Gasteiger partial charge in [-0.05, 0) is 73.8 Å². The van der Waals surface area contributed by atoms with Crippen LogP contribution in [0, 0.1) is 23.7 Å². The number of rotatable bonds is 35. The standard InChI is InChI=1S/C62H88N12O14/c1-34(75)44(30-54(81)48(31-55(63)82)72-60(87)51-29-42(78)33-74(51)61(88)50(69-35(2)76)26-38-17-19-41(77)20-18-38)59(86)71-46(24-36-10-5-4-6-11-36)52(79)21-22-56(83)70-47(25-37-15-16-37)53(80)28-39(12-9-23-67-62(65)66-3)58(85)73-49(57(64)84)27-40-32-68-45-14-8-7-13-43(40)45/h7-8,13-14,17-20,32,34,36-37,39,42,44,46-51,68,75,77-78H,4-6,9-12,15-16,21-31,33H2,1-3H3,(H2,63,82)(H2,64,84)(H,69,76)(H,70,83)(H,71,86)(H,72,87)(H,73,85)(H3,65,66,67)/t34-,39-,42-,44+,46+,47+,48+,49+,50-,51+/m1/s1. The molecule has 2 aromatic carbocycles. The third-order valence-electron chi connectivity index (χ3n) is 16.8. The number of aliphatic hydroxyl groups excluding tert-OH is 2. The number of H-pyrrole nitrogens is 1. The largest absolute Gasteiger partial charge is 0.508 e. The van der Waals surface area contributed by atoms with E-state index in [9.17, 15) is 68.1 Å². The summed E-state index contributed by atoms with van der Waals surface area (Å²) in [6, 6.07) is 5.75. The smallest absolute Gasteiger partial charge is 0.246 e. The zero-order valence-corrected chi connectivity index (χ0v) is 50.4. The highest BCUT2D eigenvalue weighted by atomic mass is 16.3. The Hall–Kier alpha value is -8.26. The monoisotopic (exact) mass is 1220 g/mol. The molecule has 1 aliphatic heterocycles. The molecule has 10 atom stereocenters. The van der Waals surface area contributed by atoms with Gasteiger partial charge in [0.25, 0.3) is 0 Å². The van der Waals surface area contributed by atoms with Crippen LogP contribution in [0.25, 0.3) is 10.9 Å². The van der Waals surface area contributed by atoms with E-state index in [0.717, 1.165) is 66.3 Å². The second-order valence-electron chi connectivity index (χ2n) is 23.9. The molecule has 0 unspecified atom stereocenters. The number of benzene rings is 2. The molecule has 2 saturated carbocycles. The molecule has 26 heteroatoms. The molecule has 8 amide bonds. The van der Waals surface area contributed by atoms with Crippen molar-refractivity contribution in [3.8, 4) is 5.75 Å². The summed E-state index contributed by atoms with van der Waals surface area (Å²) in [4.78, 5) is 159. The van der Waals surface area contributed by atoms with Gasteiger partial charge in [-0.1, -0.05) is 75.3 Å². The third kappa shape index (κ3) is 21.3. The summed E-state index contributed by atoms with van der Waals surface area (Å²) in [5.41, 5.74) is 19.3. The number of nitrogens with two attached hydrogens (primary N) is 3. The summed E-state index contributed by atoms with van der Waals surface area (Å²) in [5.74, 6) is -10.2. The summed E-state index contributed by atoms with van der Waals surface area (Å²) in [7, 11) is 1.51. The number of aromatic hydroxyl groups is 1. The number of para-hydroxylation sites is 1. The Kier molecular flexibility index (Phi) is 26.0. The van der Waals surface area contributed by atoms with Gasteiger partial charge in [-0.15, -0.1) is 0 Å². The number of ketones is 3. The van der Waals surface area contributed by atoms with Gasteiger partial charge in [0.1, 0.15) is 23.9 Å². The minimum Gasteiger partial charge on any atom is -0.508 e. The van der Waals surface area contributed by atoms with E-state index < -0.39 is 138 Å². The highest BCUT2D eigenvalue weighted by Gasteiger charge is 2.43. The van der Waals surface area contributed by atoms with Crippen LogP contribution in [0.4, 0.5) is 0 Å². The molecule has 1 saturated heterocycles. The molecule has 2 heterocycles. The second-order valence-corrected chi connectivity index (χ2v) is 23.9. The van der Waals surface area contributed by atoms with E-state index in [2.05, 4.69) is 41.9 Å². The Bertz CT molecular complexity index is 2990. The Morgan fingerprint density at radius 1 is 0.716 bits per heavy atom. The van der Waals surface area contributed by atoms with Crippen molar-refractivity contribution >= 4 is 81.5 Å². The maximum absolute atomic E-state index is 14.3. The molecule has 26 nitrogen and oxygen atoms in total. The first-order valence-corrected chi connectivity index (χ1v) is 30.5. The number of primary amides is 2. The second kappa shape index (κ2) is 33.2. The van der Waals surface area contributed by atoms with Crippen LogP contribution in [0.3, 0.4) is 0 Å². The zero-order valence-electron chi connectivity index (χ0n) is 50.4. The van der Waals surface area contributed by atoms with Crippen molar-refractivity contribution in [2.75, 3.05) is 20.1 Å². The average molecular weight is 1230 g/mol. The molecule has 6 rings (SSSR count). The van der Waals surface area contributed by atoms with Crippen molar-refractivity contribution < 1.29 is 68.1 Å². The van der Waals surface area contributed by atoms with Crippen LogP contribution in [0.1, 0.15) is 134 Å². The minimum atomic E-state index is -1.67. The molecule has 3 aliphatic rings. The maximum atomic E-state index is 14.3. The van der Waals surface area contributed by atoms with Crippen molar-refractivity contribution in [3.05, 3.63) is 65.9 Å². The number of nitrogens with zero attached hydrogens (tertiary/aromatic N) is 2. The quantitative estimate of drug-likeness (QED) is 0.0215. The minimum absolute atomic E-state index is 0.00545. The predicted octanol–water partition coefficient (Wildman–Crippen LogP) is 0.391. The number of aromatic nitrogens is 1. The lowest BCUT2D eigenvalue weighted by Gasteiger charge is -2.30. The molecular weight excluding hydrogens is 1140 g/mol. The molecule has 88 heavy (non-hydrogen) atoms. The van der Waals surface area contributed by atoms with Crippen LogP contribution in [0.15, 0.2) is 59.7 Å². The number of carbonyl (C=O) groups excluding carboxylic acids is 11. The maximum Gasteiger partial charge on any atom is 0.246 e. The fourth-order valence-corrected chi connectivity index (χ4v) is 11.7. The Morgan fingerprint density at radius 3 is 2.00 bits per heavy atom. The number of guanidine groups is 1. The van der Waals surface area contributed by atoms with Crippen LogP contribution < -0.4 is 49.1 Å². The summed E-state index contributed by atoms with van der Waals surface area (Å²) in [6.45, 7) is 2.45. The van der Waals surface area contributed by atoms with E-state index in [1.165, 1.54) is 33.0 Å². The van der Waals surface area contributed by atoms with Gasteiger partial charge in [0.15, 0.2) is 23.3 Å². The summed E-state index contributed by atoms with van der Waals surface area (Å²) >= 11 is 0. The number of hydrogen-bond acceptors (Lipinski definition) is 15. The average Bonchev–Trinajstić information content (AvgIpc) is 2.49. The number of aliphatic hydroxyl groups is 2. The van der Waals surface area contributed by atoms with E-state index in [0.29, 0.717) is 18.5 Å². The number of hydrogen-bond donors (Lipinski definition) is 13. The van der Waals surface area contributed by atoms with E-state index >= 15 is 0 Å². The number of phenolic OH excluding ortho intramolecular Hbond substituents is 1. The van der Waals surface area contributed by atoms with Gasteiger partial charge in [0, 0.05) is 95.0 Å². The van der Waals surface area contributed by atoms with Gasteiger partial charge in [0.2, 0.25) is 47.3 Å². The first-order chi connectivity index (χ1) is 41.9. The van der Waals surface area contributed by atoms with Gasteiger partial charge in [-0.3, -0.25) is 57.7 Å². The molecule has 0 bridgehead atoms. The molecule has 2 aliphatic carbocycles. The summed E-state index contributed by atoms with van der Waals surface area (Å²) in [6.07, 6.45) is 3.18. The Balaban J connectivity index is 1.11. The number of aliphatic imine (C=N–C) groups is 1. The Morgan fingerprint density at radius 2 is 1.36 bits per heavy atom.